The normalized spacial score (nSPS) is 14.1. The summed E-state index contributed by atoms with van der Waals surface area (Å²) >= 11 is 12.6. The van der Waals surface area contributed by atoms with Gasteiger partial charge in [-0.2, -0.15) is 17.9 Å². The summed E-state index contributed by atoms with van der Waals surface area (Å²) in [6.07, 6.45) is -0.663. The second kappa shape index (κ2) is 11.9. The van der Waals surface area contributed by atoms with Crippen LogP contribution in [0.3, 0.4) is 0 Å². The van der Waals surface area contributed by atoms with E-state index < -0.39 is 18.1 Å². The van der Waals surface area contributed by atoms with E-state index in [1.54, 1.807) is 47.2 Å². The standard InChI is InChI=1S/C25H17Cl2N7O3.C2HF3O2/c26-14-4-6-20(33-12-29-31-32-33)18(10-14)13-8-15-5-7-21(34(15)22(35)9-13)24-28-11-19(30-24)16-2-1-3-17(23(16)27)25(36)37;3-2(4,5)1(6)7/h1-4,6,8-12,21H,5,7H2,(H,28,30)(H,36,37);(H,6,7)/t21-;/m0./s1. The number of nitrogens with one attached hydrogen (secondary N) is 1. The van der Waals surface area contributed by atoms with Gasteiger partial charge in [0.25, 0.3) is 5.56 Å². The Bertz CT molecular complexity index is 1940. The van der Waals surface area contributed by atoms with E-state index in [9.17, 15) is 27.9 Å². The molecule has 0 aliphatic carbocycles. The molecule has 4 heterocycles. The van der Waals surface area contributed by atoms with Crippen LogP contribution < -0.4 is 5.56 Å². The Kier molecular flexibility index (Phi) is 8.25. The fourth-order valence-electron chi connectivity index (χ4n) is 4.77. The minimum absolute atomic E-state index is 0.00679. The van der Waals surface area contributed by atoms with Crippen molar-refractivity contribution < 1.29 is 33.0 Å². The van der Waals surface area contributed by atoms with Crippen molar-refractivity contribution in [1.29, 1.82) is 0 Å². The monoisotopic (exact) mass is 647 g/mol. The summed E-state index contributed by atoms with van der Waals surface area (Å²) in [5.41, 5.74) is 3.93. The van der Waals surface area contributed by atoms with Crippen molar-refractivity contribution in [2.75, 3.05) is 0 Å². The van der Waals surface area contributed by atoms with E-state index in [0.717, 1.165) is 11.3 Å². The molecule has 0 amide bonds. The fourth-order valence-corrected chi connectivity index (χ4v) is 5.25. The number of pyridine rings is 1. The van der Waals surface area contributed by atoms with Gasteiger partial charge >= 0.3 is 18.1 Å². The average molecular weight is 648 g/mol. The summed E-state index contributed by atoms with van der Waals surface area (Å²) in [6, 6.07) is 13.4. The van der Waals surface area contributed by atoms with Gasteiger partial charge in [0.1, 0.15) is 12.2 Å². The molecular weight excluding hydrogens is 630 g/mol. The number of aromatic amines is 1. The molecule has 0 unspecified atom stereocenters. The largest absolute Gasteiger partial charge is 0.490 e. The van der Waals surface area contributed by atoms with Crippen molar-refractivity contribution in [3.63, 3.8) is 0 Å². The molecule has 226 valence electrons. The third-order valence-electron chi connectivity index (χ3n) is 6.67. The van der Waals surface area contributed by atoms with Crippen molar-refractivity contribution in [2.45, 2.75) is 25.1 Å². The SMILES string of the molecule is O=C(O)C(F)(F)F.O=C(O)c1cccc(-c2cnc([C@@H]3CCc4cc(-c5cc(Cl)ccc5-n5cnnn5)cc(=O)n43)[nH]2)c1Cl. The molecule has 5 aromatic rings. The summed E-state index contributed by atoms with van der Waals surface area (Å²) in [7, 11) is 0. The lowest BCUT2D eigenvalue weighted by molar-refractivity contribution is -0.192. The quantitative estimate of drug-likeness (QED) is 0.236. The van der Waals surface area contributed by atoms with Crippen LogP contribution >= 0.6 is 23.2 Å². The first-order valence-corrected chi connectivity index (χ1v) is 13.3. The van der Waals surface area contributed by atoms with Gasteiger partial charge in [0.15, 0.2) is 0 Å². The van der Waals surface area contributed by atoms with Gasteiger partial charge in [-0.1, -0.05) is 35.3 Å². The second-order valence-electron chi connectivity index (χ2n) is 9.37. The van der Waals surface area contributed by atoms with Gasteiger partial charge in [-0.15, -0.1) is 5.10 Å². The Morgan fingerprint density at radius 1 is 1.05 bits per heavy atom. The zero-order valence-electron chi connectivity index (χ0n) is 22.0. The fraction of sp³-hybridized carbons (Fsp3) is 0.148. The number of tetrazole rings is 1. The molecule has 0 saturated carbocycles. The first kappa shape index (κ1) is 30.4. The number of fused-ring (bicyclic) bond motifs is 1. The summed E-state index contributed by atoms with van der Waals surface area (Å²) in [6.45, 7) is 0. The van der Waals surface area contributed by atoms with Crippen molar-refractivity contribution >= 4 is 35.1 Å². The third-order valence-corrected chi connectivity index (χ3v) is 7.31. The molecule has 0 saturated heterocycles. The van der Waals surface area contributed by atoms with Crippen molar-refractivity contribution in [1.82, 2.24) is 34.7 Å². The Balaban J connectivity index is 0.000000493. The summed E-state index contributed by atoms with van der Waals surface area (Å²) in [5, 5.41) is 28.5. The minimum Gasteiger partial charge on any atom is -0.478 e. The number of alkyl halides is 3. The molecule has 3 aromatic heterocycles. The maximum absolute atomic E-state index is 13.4. The number of carbonyl (C=O) groups is 2. The number of aryl methyl sites for hydroxylation is 1. The lowest BCUT2D eigenvalue weighted by atomic mass is 10.0. The summed E-state index contributed by atoms with van der Waals surface area (Å²) < 4.78 is 35.0. The summed E-state index contributed by atoms with van der Waals surface area (Å²) in [5.74, 6) is -3.27. The number of aliphatic carboxylic acids is 1. The van der Waals surface area contributed by atoms with E-state index in [2.05, 4.69) is 25.5 Å². The predicted octanol–water partition coefficient (Wildman–Crippen LogP) is 5.06. The molecular formula is C27H18Cl2F3N7O5. The summed E-state index contributed by atoms with van der Waals surface area (Å²) in [4.78, 5) is 41.5. The van der Waals surface area contributed by atoms with Crippen LogP contribution in [0.1, 0.15) is 34.3 Å². The van der Waals surface area contributed by atoms with Gasteiger partial charge in [-0.3, -0.25) is 4.79 Å². The van der Waals surface area contributed by atoms with Crippen LogP contribution in [0.4, 0.5) is 13.2 Å². The number of rotatable bonds is 5. The Labute approximate surface area is 254 Å². The predicted molar refractivity (Wildman–Crippen MR) is 150 cm³/mol. The second-order valence-corrected chi connectivity index (χ2v) is 10.2. The molecule has 1 aliphatic heterocycles. The number of halogens is 5. The number of aromatic nitrogens is 7. The molecule has 3 N–H and O–H groups in total. The number of nitrogens with zero attached hydrogens (tertiary/aromatic N) is 6. The highest BCUT2D eigenvalue weighted by Gasteiger charge is 2.38. The lowest BCUT2D eigenvalue weighted by Crippen LogP contribution is -2.23. The Morgan fingerprint density at radius 3 is 2.45 bits per heavy atom. The number of H-pyrrole nitrogens is 1. The highest BCUT2D eigenvalue weighted by Crippen LogP contribution is 2.35. The molecule has 44 heavy (non-hydrogen) atoms. The van der Waals surface area contributed by atoms with Crippen LogP contribution in [0.15, 0.2) is 65.8 Å². The zero-order chi connectivity index (χ0) is 31.8. The first-order valence-electron chi connectivity index (χ1n) is 12.5. The van der Waals surface area contributed by atoms with Gasteiger partial charge in [-0.25, -0.2) is 14.6 Å². The number of hydrogen-bond donors (Lipinski definition) is 3. The molecule has 17 heteroatoms. The van der Waals surface area contributed by atoms with E-state index in [-0.39, 0.29) is 22.2 Å². The molecule has 0 fully saturated rings. The first-order chi connectivity index (χ1) is 20.8. The van der Waals surface area contributed by atoms with Gasteiger partial charge in [0.05, 0.1) is 34.2 Å². The molecule has 0 spiro atoms. The van der Waals surface area contributed by atoms with Crippen LogP contribution in [0.2, 0.25) is 10.0 Å². The van der Waals surface area contributed by atoms with Crippen molar-refractivity contribution in [2.24, 2.45) is 0 Å². The smallest absolute Gasteiger partial charge is 0.478 e. The topological polar surface area (TPSA) is 169 Å². The van der Waals surface area contributed by atoms with Gasteiger partial charge in [0.2, 0.25) is 0 Å². The number of carboxylic acids is 2. The molecule has 1 atom stereocenters. The van der Waals surface area contributed by atoms with E-state index in [1.807, 2.05) is 6.07 Å². The molecule has 0 radical (unpaired) electrons. The third kappa shape index (κ3) is 6.05. The molecule has 12 nitrogen and oxygen atoms in total. The molecule has 1 aliphatic rings. The molecule has 6 rings (SSSR count). The highest BCUT2D eigenvalue weighted by atomic mass is 35.5. The van der Waals surface area contributed by atoms with Crippen LogP contribution in [-0.4, -0.2) is 63.1 Å². The number of hydrogen-bond acceptors (Lipinski definition) is 7. The van der Waals surface area contributed by atoms with E-state index in [1.165, 1.54) is 17.1 Å². The van der Waals surface area contributed by atoms with Crippen LogP contribution in [0.25, 0.3) is 28.1 Å². The van der Waals surface area contributed by atoms with Gasteiger partial charge < -0.3 is 19.8 Å². The van der Waals surface area contributed by atoms with Crippen LogP contribution in [0, 0.1) is 0 Å². The minimum atomic E-state index is -5.08. The number of aromatic carboxylic acids is 1. The van der Waals surface area contributed by atoms with E-state index >= 15 is 0 Å². The number of carboxylic acid groups (broad SMARTS) is 2. The zero-order valence-corrected chi connectivity index (χ0v) is 23.5. The lowest BCUT2D eigenvalue weighted by Gasteiger charge is -2.15. The number of benzene rings is 2. The maximum Gasteiger partial charge on any atom is 0.490 e. The Morgan fingerprint density at radius 2 is 1.80 bits per heavy atom. The van der Waals surface area contributed by atoms with Gasteiger partial charge in [-0.05, 0) is 59.2 Å². The van der Waals surface area contributed by atoms with E-state index in [4.69, 9.17) is 33.1 Å². The average Bonchev–Trinajstić information content (AvgIpc) is 3.74. The van der Waals surface area contributed by atoms with Crippen molar-refractivity contribution in [3.05, 3.63) is 98.5 Å². The highest BCUT2D eigenvalue weighted by molar-refractivity contribution is 6.36. The van der Waals surface area contributed by atoms with Crippen LogP contribution in [0.5, 0.6) is 0 Å². The number of imidazole rings is 1. The molecule has 0 bridgehead atoms. The maximum atomic E-state index is 13.4. The van der Waals surface area contributed by atoms with Gasteiger partial charge in [0, 0.05) is 27.9 Å². The van der Waals surface area contributed by atoms with Crippen molar-refractivity contribution in [3.8, 4) is 28.1 Å². The molecule has 2 aromatic carbocycles. The van der Waals surface area contributed by atoms with E-state index in [0.29, 0.717) is 46.2 Å². The van der Waals surface area contributed by atoms with Crippen LogP contribution in [-0.2, 0) is 11.2 Å². The Hall–Kier alpha value is -5.02.